The van der Waals surface area contributed by atoms with Crippen LogP contribution in [0.25, 0.3) is 0 Å². The number of carbonyl (C=O) groups excluding carboxylic acids is 3. The van der Waals surface area contributed by atoms with Gasteiger partial charge >= 0.3 is 0 Å². The van der Waals surface area contributed by atoms with Crippen molar-refractivity contribution in [1.29, 1.82) is 0 Å². The lowest BCUT2D eigenvalue weighted by molar-refractivity contribution is -0.136. The Labute approximate surface area is 206 Å². The van der Waals surface area contributed by atoms with Gasteiger partial charge in [-0.2, -0.15) is 0 Å². The number of carbonyl (C=O) groups is 3. The summed E-state index contributed by atoms with van der Waals surface area (Å²) in [7, 11) is 0. The second-order valence-corrected chi connectivity index (χ2v) is 8.10. The van der Waals surface area contributed by atoms with Gasteiger partial charge in [-0.1, -0.05) is 24.2 Å². The third kappa shape index (κ3) is 4.41. The van der Waals surface area contributed by atoms with Gasteiger partial charge in [-0.25, -0.2) is 4.39 Å². The van der Waals surface area contributed by atoms with Crippen molar-refractivity contribution in [3.63, 3.8) is 0 Å². The van der Waals surface area contributed by atoms with E-state index < -0.39 is 79.0 Å². The van der Waals surface area contributed by atoms with E-state index in [1.165, 1.54) is 0 Å². The van der Waals surface area contributed by atoms with Crippen molar-refractivity contribution in [3.8, 4) is 5.75 Å². The molecule has 1 N–H and O–H groups in total. The highest BCUT2D eigenvalue weighted by molar-refractivity contribution is 6.05. The highest BCUT2D eigenvalue weighted by Gasteiger charge is 2.40. The normalized spacial score (nSPS) is 26.0. The first-order valence-corrected chi connectivity index (χ1v) is 10.9. The fraction of sp³-hybridized carbons (Fsp3) is 0.400. The molecule has 0 spiro atoms. The smallest absolute Gasteiger partial charge is 0.255 e. The minimum absolute atomic E-state index is 0.0102. The molecule has 2 aromatic carbocycles. The molecule has 34 heavy (non-hydrogen) atoms. The SMILES string of the molecule is [2H]c1c([2H])c(COc2c([2H])c([2H])c([2H])c3c2CN(C2([2H])CCC(=O)NC2=O)C3=O)c(F)c(CN2CCOCC2)c1[2H]. The zero-order valence-electron chi connectivity index (χ0n) is 25.2. The van der Waals surface area contributed by atoms with Crippen LogP contribution in [0.1, 0.15) is 49.5 Å². The average Bonchev–Trinajstić information content (AvgIpc) is 3.30. The number of nitrogens with zero attached hydrogens (tertiary/aromatic N) is 2. The van der Waals surface area contributed by atoms with Crippen molar-refractivity contribution in [2.45, 2.75) is 38.6 Å². The van der Waals surface area contributed by atoms with Crippen LogP contribution >= 0.6 is 0 Å². The fourth-order valence-corrected chi connectivity index (χ4v) is 4.13. The molecule has 5 rings (SSSR count). The molecule has 3 heterocycles. The van der Waals surface area contributed by atoms with E-state index in [-0.39, 0.29) is 47.4 Å². The molecule has 0 bridgehead atoms. The summed E-state index contributed by atoms with van der Waals surface area (Å²) in [5, 5.41) is 2.03. The summed E-state index contributed by atoms with van der Waals surface area (Å²) in [6.07, 6.45) is -0.493. The van der Waals surface area contributed by atoms with Crippen molar-refractivity contribution in [1.82, 2.24) is 15.1 Å². The van der Waals surface area contributed by atoms with Crippen LogP contribution in [0.15, 0.2) is 36.3 Å². The van der Waals surface area contributed by atoms with Gasteiger partial charge in [-0.15, -0.1) is 0 Å². The Balaban J connectivity index is 1.50. The summed E-state index contributed by atoms with van der Waals surface area (Å²) in [4.78, 5) is 40.2. The molecule has 2 saturated heterocycles. The van der Waals surface area contributed by atoms with E-state index in [0.717, 1.165) is 4.90 Å². The second-order valence-electron chi connectivity index (χ2n) is 8.10. The Morgan fingerprint density at radius 3 is 2.71 bits per heavy atom. The topological polar surface area (TPSA) is 88.2 Å². The van der Waals surface area contributed by atoms with Gasteiger partial charge in [0.15, 0.2) is 0 Å². The van der Waals surface area contributed by atoms with Crippen LogP contribution in [0.5, 0.6) is 5.75 Å². The van der Waals surface area contributed by atoms with E-state index in [9.17, 15) is 14.4 Å². The number of imide groups is 1. The van der Waals surface area contributed by atoms with Crippen molar-refractivity contribution < 1.29 is 37.8 Å². The number of fused-ring (bicyclic) bond motifs is 1. The lowest BCUT2D eigenvalue weighted by Crippen LogP contribution is -2.52. The van der Waals surface area contributed by atoms with Crippen molar-refractivity contribution >= 4 is 17.7 Å². The quantitative estimate of drug-likeness (QED) is 0.645. The van der Waals surface area contributed by atoms with E-state index in [2.05, 4.69) is 0 Å². The molecule has 3 aliphatic heterocycles. The molecule has 3 amide bonds. The Kier molecular flexibility index (Phi) is 4.36. The molecule has 1 unspecified atom stereocenters. The van der Waals surface area contributed by atoms with Gasteiger partial charge in [0.2, 0.25) is 11.8 Å². The number of halogens is 1. The maximum absolute atomic E-state index is 15.7. The third-order valence-electron chi connectivity index (χ3n) is 5.95. The number of morpholine rings is 1. The summed E-state index contributed by atoms with van der Waals surface area (Å²) in [6.45, 7) is 0.737. The van der Waals surface area contributed by atoms with Gasteiger partial charge in [0.05, 0.1) is 29.4 Å². The number of hydrogen-bond donors (Lipinski definition) is 1. The lowest BCUT2D eigenvalue weighted by Gasteiger charge is -2.29. The summed E-state index contributed by atoms with van der Waals surface area (Å²) in [5.41, 5.74) is -0.853. The number of piperidine rings is 1. The van der Waals surface area contributed by atoms with Crippen LogP contribution in [0.3, 0.4) is 0 Å². The molecular formula is C25H26FN3O5. The van der Waals surface area contributed by atoms with E-state index in [1.807, 2.05) is 10.2 Å². The molecule has 8 nitrogen and oxygen atoms in total. The summed E-state index contributed by atoms with van der Waals surface area (Å²) in [6, 6.07) is -5.57. The van der Waals surface area contributed by atoms with Gasteiger partial charge < -0.3 is 14.4 Å². The van der Waals surface area contributed by atoms with Crippen LogP contribution in [-0.2, 0) is 34.0 Å². The number of nitrogens with one attached hydrogen (secondary N) is 1. The van der Waals surface area contributed by atoms with Gasteiger partial charge in [-0.05, 0) is 18.5 Å². The predicted octanol–water partition coefficient (Wildman–Crippen LogP) is 2.00. The predicted molar refractivity (Wildman–Crippen MR) is 119 cm³/mol. The molecular weight excluding hydrogens is 441 g/mol. The van der Waals surface area contributed by atoms with E-state index in [1.54, 1.807) is 0 Å². The lowest BCUT2D eigenvalue weighted by atomic mass is 10.0. The van der Waals surface area contributed by atoms with Crippen molar-refractivity contribution in [2.24, 2.45) is 0 Å². The molecule has 2 fully saturated rings. The second kappa shape index (κ2) is 9.52. The van der Waals surface area contributed by atoms with Crippen LogP contribution in [0.2, 0.25) is 0 Å². The van der Waals surface area contributed by atoms with Crippen LogP contribution < -0.4 is 10.1 Å². The maximum atomic E-state index is 15.7. The molecule has 178 valence electrons. The van der Waals surface area contributed by atoms with E-state index in [0.29, 0.717) is 26.3 Å². The van der Waals surface area contributed by atoms with Gasteiger partial charge in [0.25, 0.3) is 5.91 Å². The van der Waals surface area contributed by atoms with E-state index in [4.69, 9.17) is 19.1 Å². The summed E-state index contributed by atoms with van der Waals surface area (Å²) < 4.78 is 85.0. The Morgan fingerprint density at radius 1 is 1.15 bits per heavy atom. The minimum Gasteiger partial charge on any atom is -0.488 e. The van der Waals surface area contributed by atoms with Crippen molar-refractivity contribution in [2.75, 3.05) is 26.3 Å². The Bertz CT molecular complexity index is 1490. The zero-order chi connectivity index (χ0) is 29.8. The highest BCUT2D eigenvalue weighted by atomic mass is 19.1. The Hall–Kier alpha value is -3.30. The highest BCUT2D eigenvalue weighted by Crippen LogP contribution is 2.34. The van der Waals surface area contributed by atoms with Crippen LogP contribution in [-0.4, -0.2) is 59.8 Å². The molecule has 1 atom stereocenters. The molecule has 9 heteroatoms. The average molecular weight is 475 g/mol. The molecule has 0 aromatic heterocycles. The zero-order valence-corrected chi connectivity index (χ0v) is 18.2. The largest absolute Gasteiger partial charge is 0.488 e. The van der Waals surface area contributed by atoms with Crippen LogP contribution in [0.4, 0.5) is 4.39 Å². The number of ether oxygens (including phenoxy) is 2. The number of amides is 3. The number of rotatable bonds is 6. The van der Waals surface area contributed by atoms with Gasteiger partial charge in [-0.3, -0.25) is 24.6 Å². The first-order valence-electron chi connectivity index (χ1n) is 14.4. The van der Waals surface area contributed by atoms with Crippen molar-refractivity contribution in [3.05, 3.63) is 64.3 Å². The number of benzene rings is 2. The Morgan fingerprint density at radius 2 is 1.91 bits per heavy atom. The number of hydrogen-bond acceptors (Lipinski definition) is 6. The molecule has 0 saturated carbocycles. The third-order valence-corrected chi connectivity index (χ3v) is 5.95. The maximum Gasteiger partial charge on any atom is 0.255 e. The first kappa shape index (κ1) is 15.6. The monoisotopic (exact) mass is 474 g/mol. The fourth-order valence-electron chi connectivity index (χ4n) is 4.13. The summed E-state index contributed by atoms with van der Waals surface area (Å²) in [5.74, 6) is -3.81. The van der Waals surface area contributed by atoms with E-state index >= 15 is 4.39 Å². The first-order chi connectivity index (χ1) is 19.4. The summed E-state index contributed by atoms with van der Waals surface area (Å²) >= 11 is 0. The molecule has 3 aliphatic rings. The standard InChI is InChI=1S/C25H26FN3O5/c26-23-16(13-28-9-11-33-12-10-28)3-1-4-17(23)15-34-21-6-2-5-18-19(21)14-29(25(18)32)20-7-8-22(30)27-24(20)31/h1-6,20H,7-15H2,(H,27,30,31)/i1D,2D,3D,4D,5D,6D,20D. The molecule has 0 aliphatic carbocycles. The van der Waals surface area contributed by atoms with Gasteiger partial charge in [0, 0.05) is 48.3 Å². The van der Waals surface area contributed by atoms with Gasteiger partial charge in [0.1, 0.15) is 24.2 Å². The molecule has 0 radical (unpaired) electrons. The molecule has 2 aromatic rings. The minimum atomic E-state index is -2.18. The van der Waals surface area contributed by atoms with Crippen LogP contribution in [0, 0.1) is 5.82 Å².